The minimum Gasteiger partial charge on any atom is -0.334 e. The molecule has 5 heavy (non-hydrogen) atoms. The van der Waals surface area contributed by atoms with E-state index in [4.69, 9.17) is 0 Å². The van der Waals surface area contributed by atoms with E-state index in [1.165, 1.54) is 5.69 Å². The SMILES string of the molecule is c1nc2[nH]c1-2. The summed E-state index contributed by atoms with van der Waals surface area (Å²) in [4.78, 5) is 6.70. The Morgan fingerprint density at radius 2 is 2.60 bits per heavy atom. The van der Waals surface area contributed by atoms with Crippen molar-refractivity contribution in [2.45, 2.75) is 0 Å². The van der Waals surface area contributed by atoms with Gasteiger partial charge in [-0.2, -0.15) is 0 Å². The van der Waals surface area contributed by atoms with Crippen LogP contribution >= 0.6 is 0 Å². The van der Waals surface area contributed by atoms with E-state index in [0.29, 0.717) is 0 Å². The molecule has 0 unspecified atom stereocenters. The fourth-order valence-electron chi connectivity index (χ4n) is 0.355. The third-order valence-electron chi connectivity index (χ3n) is 0.768. The molecule has 1 N–H and O–H groups in total. The molecule has 0 aliphatic carbocycles. The van der Waals surface area contributed by atoms with Crippen molar-refractivity contribution in [1.29, 1.82) is 0 Å². The lowest BCUT2D eigenvalue weighted by atomic mass is 10.5. The number of imidazole rings is 1. The van der Waals surface area contributed by atoms with Gasteiger partial charge < -0.3 is 4.98 Å². The number of hydrogen-bond donors (Lipinski definition) is 1. The van der Waals surface area contributed by atoms with Crippen LogP contribution in [0.3, 0.4) is 0 Å². The Kier molecular flexibility index (Phi) is 0.0743. The lowest BCUT2D eigenvalue weighted by molar-refractivity contribution is 1.36. The highest BCUT2D eigenvalue weighted by molar-refractivity contribution is 5.64. The summed E-state index contributed by atoms with van der Waals surface area (Å²) < 4.78 is 0. The van der Waals surface area contributed by atoms with Crippen LogP contribution in [0.4, 0.5) is 0 Å². The molecular weight excluding hydrogens is 64.0 g/mol. The predicted octanol–water partition coefficient (Wildman–Crippen LogP) is 0.390. The number of hydrogen-bond acceptors (Lipinski definition) is 1. The summed E-state index contributed by atoms with van der Waals surface area (Å²) in [6.07, 6.45) is 1.81. The van der Waals surface area contributed by atoms with E-state index in [2.05, 4.69) is 9.97 Å². The van der Waals surface area contributed by atoms with Crippen LogP contribution in [-0.2, 0) is 0 Å². The van der Waals surface area contributed by atoms with E-state index in [9.17, 15) is 0 Å². The molecule has 2 heterocycles. The average molecular weight is 66.1 g/mol. The summed E-state index contributed by atoms with van der Waals surface area (Å²) >= 11 is 0. The zero-order valence-electron chi connectivity index (χ0n) is 2.52. The fourth-order valence-corrected chi connectivity index (χ4v) is 0.355. The molecule has 0 amide bonds. The van der Waals surface area contributed by atoms with E-state index < -0.39 is 0 Å². The van der Waals surface area contributed by atoms with Crippen LogP contribution in [0, 0.1) is 0 Å². The third kappa shape index (κ3) is 0.0451. The van der Waals surface area contributed by atoms with Gasteiger partial charge in [-0.15, -0.1) is 0 Å². The summed E-state index contributed by atoms with van der Waals surface area (Å²) in [5, 5.41) is 0. The van der Waals surface area contributed by atoms with Gasteiger partial charge in [0.2, 0.25) is 0 Å². The molecule has 0 spiro atoms. The van der Waals surface area contributed by atoms with E-state index >= 15 is 0 Å². The third-order valence-corrected chi connectivity index (χ3v) is 0.768. The molecule has 2 aliphatic rings. The van der Waals surface area contributed by atoms with Crippen molar-refractivity contribution in [2.75, 3.05) is 0 Å². The molecule has 2 nitrogen and oxygen atoms in total. The first-order chi connectivity index (χ1) is 2.47. The van der Waals surface area contributed by atoms with Crippen molar-refractivity contribution in [3.63, 3.8) is 0 Å². The molecule has 0 fully saturated rings. The Morgan fingerprint density at radius 3 is 2.60 bits per heavy atom. The Balaban J connectivity index is 3.13. The monoisotopic (exact) mass is 66.0 g/mol. The van der Waals surface area contributed by atoms with E-state index in [1.54, 1.807) is 0 Å². The quantitative estimate of drug-likeness (QED) is 0.473. The molecule has 0 aromatic heterocycles. The summed E-state index contributed by atoms with van der Waals surface area (Å²) in [6, 6.07) is 0. The maximum absolute atomic E-state index is 3.79. The molecule has 0 atom stereocenters. The molecule has 0 bridgehead atoms. The van der Waals surface area contributed by atoms with Crippen LogP contribution in [0.25, 0.3) is 11.5 Å². The van der Waals surface area contributed by atoms with Crippen LogP contribution in [0.15, 0.2) is 6.20 Å². The van der Waals surface area contributed by atoms with Gasteiger partial charge in [0.05, 0.1) is 6.20 Å². The van der Waals surface area contributed by atoms with Gasteiger partial charge in [-0.3, -0.25) is 0 Å². The van der Waals surface area contributed by atoms with Gasteiger partial charge >= 0.3 is 0 Å². The maximum Gasteiger partial charge on any atom is 0.156 e. The first-order valence-corrected chi connectivity index (χ1v) is 1.52. The van der Waals surface area contributed by atoms with Crippen LogP contribution in [-0.4, -0.2) is 9.97 Å². The zero-order valence-corrected chi connectivity index (χ0v) is 2.52. The smallest absolute Gasteiger partial charge is 0.156 e. The van der Waals surface area contributed by atoms with Crippen LogP contribution < -0.4 is 0 Å². The Bertz CT molecular complexity index is 130. The molecule has 0 radical (unpaired) electrons. The summed E-state index contributed by atoms with van der Waals surface area (Å²) in [6.45, 7) is 0. The number of H-pyrrole nitrogens is 1. The number of aromatic nitrogens is 2. The van der Waals surface area contributed by atoms with Gasteiger partial charge in [0.1, 0.15) is 5.69 Å². The molecule has 0 saturated carbocycles. The van der Waals surface area contributed by atoms with Crippen molar-refractivity contribution in [3.05, 3.63) is 6.20 Å². The second kappa shape index (κ2) is 0.233. The van der Waals surface area contributed by atoms with Gasteiger partial charge in [-0.05, 0) is 0 Å². The second-order valence-electron chi connectivity index (χ2n) is 1.15. The fraction of sp³-hybridized carbons (Fsp3) is 0. The van der Waals surface area contributed by atoms with Gasteiger partial charge in [-0.25, -0.2) is 4.98 Å². The highest BCUT2D eigenvalue weighted by atomic mass is 15.1. The van der Waals surface area contributed by atoms with Crippen molar-refractivity contribution in [1.82, 2.24) is 9.97 Å². The molecular formula is C3H2N2. The Morgan fingerprint density at radius 1 is 1.80 bits per heavy atom. The number of nitrogens with zero attached hydrogens (tertiary/aromatic N) is 1. The molecule has 0 aromatic carbocycles. The van der Waals surface area contributed by atoms with Crippen LogP contribution in [0.2, 0.25) is 0 Å². The minimum atomic E-state index is 1.09. The number of fused-ring (bicyclic) bond motifs is 1. The van der Waals surface area contributed by atoms with E-state index in [-0.39, 0.29) is 0 Å². The molecule has 0 saturated heterocycles. The highest BCUT2D eigenvalue weighted by Crippen LogP contribution is 2.24. The minimum absolute atomic E-state index is 1.09. The number of aromatic amines is 1. The van der Waals surface area contributed by atoms with Gasteiger partial charge in [0, 0.05) is 0 Å². The first kappa shape index (κ1) is 1.60. The van der Waals surface area contributed by atoms with Crippen molar-refractivity contribution >= 4 is 0 Å². The summed E-state index contributed by atoms with van der Waals surface area (Å²) in [7, 11) is 0. The van der Waals surface area contributed by atoms with Crippen LogP contribution in [0.1, 0.15) is 0 Å². The molecule has 2 rings (SSSR count). The van der Waals surface area contributed by atoms with Crippen LogP contribution in [0.5, 0.6) is 0 Å². The normalized spacial score (nSPS) is 12.0. The van der Waals surface area contributed by atoms with E-state index in [0.717, 1.165) is 5.82 Å². The lowest BCUT2D eigenvalue weighted by Crippen LogP contribution is -1.65. The highest BCUT2D eigenvalue weighted by Gasteiger charge is 2.14. The lowest BCUT2D eigenvalue weighted by Gasteiger charge is -1.71. The Labute approximate surface area is 28.9 Å². The van der Waals surface area contributed by atoms with Crippen molar-refractivity contribution < 1.29 is 0 Å². The van der Waals surface area contributed by atoms with Gasteiger partial charge in [0.25, 0.3) is 0 Å². The largest absolute Gasteiger partial charge is 0.334 e. The first-order valence-electron chi connectivity index (χ1n) is 1.52. The molecule has 2 heteroatoms. The molecule has 24 valence electrons. The summed E-state index contributed by atoms with van der Waals surface area (Å²) in [5.41, 5.74) is 1.23. The molecule has 2 aliphatic heterocycles. The van der Waals surface area contributed by atoms with E-state index in [1.807, 2.05) is 6.20 Å². The van der Waals surface area contributed by atoms with Gasteiger partial charge in [0.15, 0.2) is 5.82 Å². The topological polar surface area (TPSA) is 28.7 Å². The van der Waals surface area contributed by atoms with Crippen molar-refractivity contribution in [2.24, 2.45) is 0 Å². The zero-order chi connectivity index (χ0) is 3.28. The van der Waals surface area contributed by atoms with Crippen molar-refractivity contribution in [3.8, 4) is 11.5 Å². The maximum atomic E-state index is 3.79. The second-order valence-corrected chi connectivity index (χ2v) is 1.15. The standard InChI is InChI=1S/C3H2N2/c1-2-3(4-1)5-2/h1H,(H,4,5). The number of nitrogens with one attached hydrogen (secondary N) is 1. The summed E-state index contributed by atoms with van der Waals surface area (Å²) in [5.74, 6) is 1.09. The molecule has 0 aromatic rings. The number of rotatable bonds is 0. The average Bonchev–Trinajstić information content (AvgIpc) is 1.74. The predicted molar refractivity (Wildman–Crippen MR) is 17.6 cm³/mol. The van der Waals surface area contributed by atoms with Gasteiger partial charge in [-0.1, -0.05) is 0 Å². The Hall–Kier alpha value is -0.790.